The Hall–Kier alpha value is -1.89. The Bertz CT molecular complexity index is 487. The van der Waals surface area contributed by atoms with Crippen molar-refractivity contribution in [3.05, 3.63) is 34.0 Å². The molecule has 2 rings (SSSR count). The Morgan fingerprint density at radius 2 is 2.17 bits per heavy atom. The number of aryl methyl sites for hydroxylation is 2. The van der Waals surface area contributed by atoms with Gasteiger partial charge in [-0.25, -0.2) is 9.78 Å². The number of rotatable bonds is 4. The maximum absolute atomic E-state index is 11.5. The van der Waals surface area contributed by atoms with Crippen molar-refractivity contribution in [1.82, 2.24) is 25.4 Å². The van der Waals surface area contributed by atoms with Gasteiger partial charge in [-0.2, -0.15) is 5.10 Å². The van der Waals surface area contributed by atoms with Crippen molar-refractivity contribution >= 4 is 17.4 Å². The van der Waals surface area contributed by atoms with Crippen molar-refractivity contribution in [2.24, 2.45) is 7.05 Å². The fourth-order valence-corrected chi connectivity index (χ4v) is 2.20. The number of nitrogens with zero attached hydrogens (tertiary/aromatic N) is 3. The van der Waals surface area contributed by atoms with Gasteiger partial charge in [-0.1, -0.05) is 0 Å². The largest absolute Gasteiger partial charge is 0.334 e. The lowest BCUT2D eigenvalue weighted by atomic mass is 10.4. The van der Waals surface area contributed by atoms with Gasteiger partial charge in [0.15, 0.2) is 0 Å². The van der Waals surface area contributed by atoms with Crippen molar-refractivity contribution in [2.75, 3.05) is 0 Å². The lowest BCUT2D eigenvalue weighted by Gasteiger charge is -2.04. The van der Waals surface area contributed by atoms with E-state index in [0.717, 1.165) is 15.4 Å². The van der Waals surface area contributed by atoms with Crippen LogP contribution in [0.1, 0.15) is 15.4 Å². The number of thiazole rings is 1. The van der Waals surface area contributed by atoms with E-state index in [0.29, 0.717) is 13.1 Å². The van der Waals surface area contributed by atoms with Crippen LogP contribution in [0.15, 0.2) is 18.6 Å². The number of carbonyl (C=O) groups is 1. The van der Waals surface area contributed by atoms with Gasteiger partial charge >= 0.3 is 6.03 Å². The first kappa shape index (κ1) is 12.6. The van der Waals surface area contributed by atoms with Crippen molar-refractivity contribution < 1.29 is 4.79 Å². The van der Waals surface area contributed by atoms with Gasteiger partial charge in [0.25, 0.3) is 0 Å². The van der Waals surface area contributed by atoms with Crippen molar-refractivity contribution in [2.45, 2.75) is 20.0 Å². The van der Waals surface area contributed by atoms with Crippen LogP contribution in [0.25, 0.3) is 0 Å². The maximum Gasteiger partial charge on any atom is 0.315 e. The summed E-state index contributed by atoms with van der Waals surface area (Å²) in [6, 6.07) is -0.190. The molecule has 0 aliphatic rings. The van der Waals surface area contributed by atoms with Gasteiger partial charge in [-0.15, -0.1) is 11.3 Å². The molecule has 0 aliphatic carbocycles. The summed E-state index contributed by atoms with van der Waals surface area (Å²) in [6.45, 7) is 2.92. The summed E-state index contributed by atoms with van der Waals surface area (Å²) in [5, 5.41) is 10.6. The second-order valence-electron chi connectivity index (χ2n) is 3.90. The molecule has 0 saturated carbocycles. The first-order chi connectivity index (χ1) is 8.63. The third-order valence-electron chi connectivity index (χ3n) is 2.30. The lowest BCUT2D eigenvalue weighted by molar-refractivity contribution is 0.240. The maximum atomic E-state index is 11.5. The van der Waals surface area contributed by atoms with Crippen LogP contribution in [0.3, 0.4) is 0 Å². The van der Waals surface area contributed by atoms with E-state index in [-0.39, 0.29) is 6.03 Å². The molecular formula is C11H15N5OS. The number of amides is 2. The highest BCUT2D eigenvalue weighted by molar-refractivity contribution is 7.11. The highest BCUT2D eigenvalue weighted by Gasteiger charge is 2.03. The first-order valence-electron chi connectivity index (χ1n) is 5.54. The van der Waals surface area contributed by atoms with Gasteiger partial charge in [0.05, 0.1) is 17.7 Å². The molecule has 0 fully saturated rings. The molecule has 0 aromatic carbocycles. The summed E-state index contributed by atoms with van der Waals surface area (Å²) in [4.78, 5) is 16.7. The molecular weight excluding hydrogens is 250 g/mol. The molecule has 2 heterocycles. The van der Waals surface area contributed by atoms with Crippen molar-refractivity contribution in [3.63, 3.8) is 0 Å². The number of nitrogens with one attached hydrogen (secondary N) is 2. The molecule has 2 aromatic heterocycles. The number of carbonyl (C=O) groups excluding carboxylic acids is 1. The molecule has 2 amide bonds. The highest BCUT2D eigenvalue weighted by atomic mass is 32.1. The zero-order valence-corrected chi connectivity index (χ0v) is 11.1. The van der Waals surface area contributed by atoms with Crippen LogP contribution < -0.4 is 10.6 Å². The molecule has 0 atom stereocenters. The van der Waals surface area contributed by atoms with E-state index < -0.39 is 0 Å². The predicted molar refractivity (Wildman–Crippen MR) is 69.1 cm³/mol. The smallest absolute Gasteiger partial charge is 0.315 e. The third kappa shape index (κ3) is 3.56. The zero-order chi connectivity index (χ0) is 13.0. The summed E-state index contributed by atoms with van der Waals surface area (Å²) in [7, 11) is 1.84. The molecule has 18 heavy (non-hydrogen) atoms. The average molecular weight is 265 g/mol. The second-order valence-corrected chi connectivity index (χ2v) is 5.22. The monoisotopic (exact) mass is 265 g/mol. The third-order valence-corrected chi connectivity index (χ3v) is 3.22. The minimum atomic E-state index is -0.190. The summed E-state index contributed by atoms with van der Waals surface area (Å²) in [5.41, 5.74) is 0.973. The number of hydrogen-bond donors (Lipinski definition) is 2. The van der Waals surface area contributed by atoms with E-state index in [1.807, 2.05) is 20.2 Å². The Balaban J connectivity index is 1.72. The zero-order valence-electron chi connectivity index (χ0n) is 10.3. The van der Waals surface area contributed by atoms with E-state index in [1.165, 1.54) is 0 Å². The van der Waals surface area contributed by atoms with Crippen LogP contribution in [-0.2, 0) is 20.1 Å². The molecule has 0 radical (unpaired) electrons. The normalized spacial score (nSPS) is 10.3. The number of urea groups is 1. The summed E-state index contributed by atoms with van der Waals surface area (Å²) >= 11 is 1.58. The van der Waals surface area contributed by atoms with E-state index in [1.54, 1.807) is 28.4 Å². The molecule has 0 aliphatic heterocycles. The van der Waals surface area contributed by atoms with E-state index in [2.05, 4.69) is 20.7 Å². The van der Waals surface area contributed by atoms with Crippen LogP contribution in [0.2, 0.25) is 0 Å². The Morgan fingerprint density at radius 3 is 2.78 bits per heavy atom. The van der Waals surface area contributed by atoms with Crippen LogP contribution in [-0.4, -0.2) is 20.8 Å². The molecule has 0 unspecified atom stereocenters. The summed E-state index contributed by atoms with van der Waals surface area (Å²) in [5.74, 6) is 0. The van der Waals surface area contributed by atoms with Crippen molar-refractivity contribution in [1.29, 1.82) is 0 Å². The second kappa shape index (κ2) is 5.63. The standard InChI is InChI=1S/C11H15N5OS/c1-8-12-5-10(18-8)6-14-11(17)13-3-9-4-15-16(2)7-9/h4-5,7H,3,6H2,1-2H3,(H2,13,14,17). The Labute approximate surface area is 109 Å². The molecule has 0 spiro atoms. The minimum absolute atomic E-state index is 0.190. The molecule has 0 saturated heterocycles. The van der Waals surface area contributed by atoms with Gasteiger partial charge in [-0.05, 0) is 6.92 Å². The van der Waals surface area contributed by atoms with Gasteiger partial charge in [-0.3, -0.25) is 4.68 Å². The van der Waals surface area contributed by atoms with E-state index in [4.69, 9.17) is 0 Å². The average Bonchev–Trinajstić information content (AvgIpc) is 2.93. The number of hydrogen-bond acceptors (Lipinski definition) is 4. The van der Waals surface area contributed by atoms with Gasteiger partial charge in [0, 0.05) is 36.4 Å². The molecule has 0 bridgehead atoms. The topological polar surface area (TPSA) is 71.8 Å². The van der Waals surface area contributed by atoms with Crippen molar-refractivity contribution in [3.8, 4) is 0 Å². The Morgan fingerprint density at radius 1 is 1.39 bits per heavy atom. The lowest BCUT2D eigenvalue weighted by Crippen LogP contribution is -2.34. The molecule has 6 nitrogen and oxygen atoms in total. The quantitative estimate of drug-likeness (QED) is 0.872. The van der Waals surface area contributed by atoms with Crippen LogP contribution in [0.5, 0.6) is 0 Å². The Kier molecular flexibility index (Phi) is 3.93. The molecule has 96 valence electrons. The highest BCUT2D eigenvalue weighted by Crippen LogP contribution is 2.10. The molecule has 2 aromatic rings. The van der Waals surface area contributed by atoms with Gasteiger partial charge < -0.3 is 10.6 Å². The van der Waals surface area contributed by atoms with E-state index in [9.17, 15) is 4.79 Å². The molecule has 2 N–H and O–H groups in total. The van der Waals surface area contributed by atoms with Gasteiger partial charge in [0.1, 0.15) is 0 Å². The first-order valence-corrected chi connectivity index (χ1v) is 6.35. The van der Waals surface area contributed by atoms with Crippen LogP contribution >= 0.6 is 11.3 Å². The van der Waals surface area contributed by atoms with Crippen LogP contribution in [0, 0.1) is 6.92 Å². The molecule has 7 heteroatoms. The fraction of sp³-hybridized carbons (Fsp3) is 0.364. The number of aromatic nitrogens is 3. The van der Waals surface area contributed by atoms with E-state index >= 15 is 0 Å². The summed E-state index contributed by atoms with van der Waals surface area (Å²) < 4.78 is 1.70. The fourth-order valence-electron chi connectivity index (χ4n) is 1.46. The van der Waals surface area contributed by atoms with Crippen LogP contribution in [0.4, 0.5) is 4.79 Å². The minimum Gasteiger partial charge on any atom is -0.334 e. The SMILES string of the molecule is Cc1ncc(CNC(=O)NCc2cnn(C)c2)s1. The predicted octanol–water partition coefficient (Wildman–Crippen LogP) is 1.18. The summed E-state index contributed by atoms with van der Waals surface area (Å²) in [6.07, 6.45) is 5.38. The van der Waals surface area contributed by atoms with Gasteiger partial charge in [0.2, 0.25) is 0 Å².